The summed E-state index contributed by atoms with van der Waals surface area (Å²) in [5.41, 5.74) is 3.77. The molecule has 1 fully saturated rings. The first-order chi connectivity index (χ1) is 18.1. The van der Waals surface area contributed by atoms with Crippen LogP contribution in [0.1, 0.15) is 40.4 Å². The van der Waals surface area contributed by atoms with Crippen molar-refractivity contribution in [3.63, 3.8) is 0 Å². The maximum atomic E-state index is 13.7. The molecule has 1 aliphatic rings. The second-order valence-corrected chi connectivity index (χ2v) is 11.8. The molecule has 0 aliphatic carbocycles. The van der Waals surface area contributed by atoms with Crippen molar-refractivity contribution in [1.29, 1.82) is 0 Å². The van der Waals surface area contributed by atoms with Crippen LogP contribution in [0.5, 0.6) is 0 Å². The normalized spacial score (nSPS) is 15.8. The lowest BCUT2D eigenvalue weighted by Gasteiger charge is -2.29. The molecule has 196 valence electrons. The van der Waals surface area contributed by atoms with Crippen LogP contribution in [-0.2, 0) is 10.0 Å². The zero-order chi connectivity index (χ0) is 27.0. The Labute approximate surface area is 221 Å². The first kappa shape index (κ1) is 25.6. The predicted molar refractivity (Wildman–Crippen MR) is 148 cm³/mol. The fourth-order valence-corrected chi connectivity index (χ4v) is 5.92. The lowest BCUT2D eigenvalue weighted by Crippen LogP contribution is -2.27. The summed E-state index contributed by atoms with van der Waals surface area (Å²) in [5, 5.41) is 3.75. The van der Waals surface area contributed by atoms with Crippen molar-refractivity contribution in [2.45, 2.75) is 30.7 Å². The molecule has 38 heavy (non-hydrogen) atoms. The van der Waals surface area contributed by atoms with E-state index in [0.29, 0.717) is 16.9 Å². The number of sulfonamides is 1. The van der Waals surface area contributed by atoms with E-state index in [1.54, 1.807) is 36.5 Å². The summed E-state index contributed by atoms with van der Waals surface area (Å²) in [7, 11) is -0.835. The SMILES string of the molecule is Cc1cc(=O)[nH]c2ccc(NC(=O)c3cc(S(=O)(=O)N(C)C)ccc3N3CCCC3c3cccnc3)cc12. The van der Waals surface area contributed by atoms with Gasteiger partial charge in [-0.2, -0.15) is 0 Å². The van der Waals surface area contributed by atoms with Gasteiger partial charge >= 0.3 is 0 Å². The number of H-pyrrole nitrogens is 1. The van der Waals surface area contributed by atoms with Gasteiger partial charge in [0.2, 0.25) is 15.6 Å². The van der Waals surface area contributed by atoms with Gasteiger partial charge in [0.1, 0.15) is 0 Å². The van der Waals surface area contributed by atoms with Gasteiger partial charge in [0.15, 0.2) is 0 Å². The zero-order valence-corrected chi connectivity index (χ0v) is 22.2. The highest BCUT2D eigenvalue weighted by Gasteiger charge is 2.31. The molecule has 0 bridgehead atoms. The van der Waals surface area contributed by atoms with Crippen molar-refractivity contribution in [2.24, 2.45) is 0 Å². The predicted octanol–water partition coefficient (Wildman–Crippen LogP) is 4.08. The summed E-state index contributed by atoms with van der Waals surface area (Å²) >= 11 is 0. The molecule has 9 nitrogen and oxygen atoms in total. The Balaban J connectivity index is 1.57. The molecule has 4 aromatic rings. The third-order valence-electron chi connectivity index (χ3n) is 6.93. The van der Waals surface area contributed by atoms with E-state index in [-0.39, 0.29) is 22.1 Å². The Morgan fingerprint density at radius 2 is 1.95 bits per heavy atom. The molecule has 10 heteroatoms. The number of rotatable bonds is 6. The fourth-order valence-electron chi connectivity index (χ4n) is 4.99. The number of fused-ring (bicyclic) bond motifs is 1. The summed E-state index contributed by atoms with van der Waals surface area (Å²) in [6.45, 7) is 2.56. The Morgan fingerprint density at radius 1 is 1.13 bits per heavy atom. The Hall–Kier alpha value is -4.02. The molecular weight excluding hydrogens is 502 g/mol. The van der Waals surface area contributed by atoms with E-state index in [4.69, 9.17) is 0 Å². The maximum Gasteiger partial charge on any atom is 0.257 e. The van der Waals surface area contributed by atoms with Crippen molar-refractivity contribution >= 4 is 38.2 Å². The topological polar surface area (TPSA) is 115 Å². The molecule has 2 aromatic carbocycles. The molecule has 0 radical (unpaired) electrons. The monoisotopic (exact) mass is 531 g/mol. The van der Waals surface area contributed by atoms with Crippen molar-refractivity contribution < 1.29 is 13.2 Å². The van der Waals surface area contributed by atoms with Gasteiger partial charge in [0.25, 0.3) is 5.91 Å². The highest BCUT2D eigenvalue weighted by atomic mass is 32.2. The zero-order valence-electron chi connectivity index (χ0n) is 21.4. The number of aromatic amines is 1. The molecule has 1 saturated heterocycles. The van der Waals surface area contributed by atoms with Crippen LogP contribution in [0.25, 0.3) is 10.9 Å². The second kappa shape index (κ2) is 10.0. The van der Waals surface area contributed by atoms with Gasteiger partial charge in [-0.1, -0.05) is 6.07 Å². The number of amides is 1. The van der Waals surface area contributed by atoms with Crippen LogP contribution in [0.15, 0.2) is 76.7 Å². The number of nitrogens with one attached hydrogen (secondary N) is 2. The van der Waals surface area contributed by atoms with Crippen molar-refractivity contribution in [2.75, 3.05) is 30.9 Å². The minimum absolute atomic E-state index is 0.0201. The fraction of sp³-hybridized carbons (Fsp3) is 0.250. The van der Waals surface area contributed by atoms with E-state index < -0.39 is 15.9 Å². The van der Waals surface area contributed by atoms with Crippen LogP contribution < -0.4 is 15.8 Å². The summed E-state index contributed by atoms with van der Waals surface area (Å²) in [6.07, 6.45) is 5.38. The van der Waals surface area contributed by atoms with Crippen molar-refractivity contribution in [3.8, 4) is 0 Å². The van der Waals surface area contributed by atoms with Crippen molar-refractivity contribution in [1.82, 2.24) is 14.3 Å². The minimum atomic E-state index is -3.76. The van der Waals surface area contributed by atoms with Gasteiger partial charge in [-0.05, 0) is 73.4 Å². The summed E-state index contributed by atoms with van der Waals surface area (Å²) in [4.78, 5) is 34.8. The number of nitrogens with zero attached hydrogens (tertiary/aromatic N) is 3. The Bertz CT molecular complexity index is 1680. The van der Waals surface area contributed by atoms with E-state index in [1.165, 1.54) is 26.2 Å². The number of carbonyl (C=O) groups excluding carboxylic acids is 1. The van der Waals surface area contributed by atoms with Gasteiger partial charge in [-0.25, -0.2) is 12.7 Å². The molecule has 0 saturated carbocycles. The average Bonchev–Trinajstić information content (AvgIpc) is 3.39. The number of aryl methyl sites for hydroxylation is 1. The highest BCUT2D eigenvalue weighted by Crippen LogP contribution is 2.38. The first-order valence-electron chi connectivity index (χ1n) is 12.3. The highest BCUT2D eigenvalue weighted by molar-refractivity contribution is 7.89. The largest absolute Gasteiger partial charge is 0.364 e. The van der Waals surface area contributed by atoms with Crippen LogP contribution in [-0.4, -0.2) is 49.2 Å². The third-order valence-corrected chi connectivity index (χ3v) is 8.74. The summed E-state index contributed by atoms with van der Waals surface area (Å²) < 4.78 is 27.0. The van der Waals surface area contributed by atoms with E-state index >= 15 is 0 Å². The van der Waals surface area contributed by atoms with Crippen LogP contribution in [0.3, 0.4) is 0 Å². The van der Waals surface area contributed by atoms with Crippen LogP contribution in [0.2, 0.25) is 0 Å². The number of pyridine rings is 2. The quantitative estimate of drug-likeness (QED) is 0.388. The van der Waals surface area contributed by atoms with E-state index in [2.05, 4.69) is 20.2 Å². The number of benzene rings is 2. The maximum absolute atomic E-state index is 13.7. The standard InChI is InChI=1S/C28H29N5O4S/c1-18-14-27(34)31-24-10-8-20(15-22(18)24)30-28(35)23-16-21(38(36,37)32(2)3)9-11-26(23)33-13-5-7-25(33)19-6-4-12-29-17-19/h4,6,8-12,14-17,25H,5,7,13H2,1-3H3,(H,30,35)(H,31,34). The minimum Gasteiger partial charge on any atom is -0.364 e. The number of anilines is 2. The number of hydrogen-bond acceptors (Lipinski definition) is 6. The van der Waals surface area contributed by atoms with Gasteiger partial charge in [-0.15, -0.1) is 0 Å². The lowest BCUT2D eigenvalue weighted by molar-refractivity contribution is 0.102. The lowest BCUT2D eigenvalue weighted by atomic mass is 10.0. The summed E-state index contributed by atoms with van der Waals surface area (Å²) in [5.74, 6) is -0.422. The van der Waals surface area contributed by atoms with Crippen molar-refractivity contribution in [3.05, 3.63) is 94.0 Å². The molecule has 3 heterocycles. The van der Waals surface area contributed by atoms with Crippen LogP contribution in [0, 0.1) is 6.92 Å². The smallest absolute Gasteiger partial charge is 0.257 e. The molecule has 2 N–H and O–H groups in total. The molecule has 1 atom stereocenters. The number of carbonyl (C=O) groups is 1. The first-order valence-corrected chi connectivity index (χ1v) is 13.8. The molecule has 0 spiro atoms. The molecule has 2 aromatic heterocycles. The van der Waals surface area contributed by atoms with Gasteiger partial charge in [-0.3, -0.25) is 14.6 Å². The molecule has 1 amide bonds. The van der Waals surface area contributed by atoms with Gasteiger partial charge < -0.3 is 15.2 Å². The third kappa shape index (κ3) is 4.80. The van der Waals surface area contributed by atoms with Crippen LogP contribution in [0.4, 0.5) is 11.4 Å². The Kier molecular flexibility index (Phi) is 6.77. The van der Waals surface area contributed by atoms with Crippen LogP contribution >= 0.6 is 0 Å². The molecule has 1 unspecified atom stereocenters. The Morgan fingerprint density at radius 3 is 2.68 bits per heavy atom. The number of aromatic nitrogens is 2. The molecule has 1 aliphatic heterocycles. The molecule has 5 rings (SSSR count). The van der Waals surface area contributed by atoms with E-state index in [0.717, 1.165) is 40.2 Å². The van der Waals surface area contributed by atoms with Gasteiger partial charge in [0, 0.05) is 55.7 Å². The average molecular weight is 532 g/mol. The van der Waals surface area contributed by atoms with E-state index in [9.17, 15) is 18.0 Å². The van der Waals surface area contributed by atoms with Gasteiger partial charge in [0.05, 0.1) is 22.2 Å². The second-order valence-electron chi connectivity index (χ2n) is 9.64. The number of hydrogen-bond donors (Lipinski definition) is 2. The van der Waals surface area contributed by atoms with E-state index in [1.807, 2.05) is 25.3 Å². The summed E-state index contributed by atoms with van der Waals surface area (Å²) in [6, 6.07) is 15.4. The molecular formula is C28H29N5O4S.